The maximum Gasteiger partial charge on any atom is 0.123 e. The molecule has 1 aliphatic heterocycles. The molecule has 1 aliphatic rings. The van der Waals surface area contributed by atoms with Gasteiger partial charge in [0.1, 0.15) is 11.6 Å². The van der Waals surface area contributed by atoms with Gasteiger partial charge in [0.15, 0.2) is 0 Å². The van der Waals surface area contributed by atoms with E-state index in [2.05, 4.69) is 9.55 Å². The van der Waals surface area contributed by atoms with Crippen molar-refractivity contribution in [1.29, 1.82) is 0 Å². The molecule has 0 aliphatic carbocycles. The molecule has 88 valence electrons. The molecule has 0 radical (unpaired) electrons. The van der Waals surface area contributed by atoms with Gasteiger partial charge in [0.05, 0.1) is 11.9 Å². The average molecular weight is 231 g/mol. The zero-order chi connectivity index (χ0) is 11.8. The molecular weight excluding hydrogens is 217 g/mol. The second-order valence-corrected chi connectivity index (χ2v) is 4.30. The molecule has 0 bridgehead atoms. The highest BCUT2D eigenvalue weighted by Gasteiger charge is 2.19. The molecule has 2 N–H and O–H groups in total. The van der Waals surface area contributed by atoms with Gasteiger partial charge >= 0.3 is 0 Å². The van der Waals surface area contributed by atoms with E-state index in [1.165, 1.54) is 11.6 Å². The molecule has 0 fully saturated rings. The molecule has 1 aromatic heterocycles. The minimum Gasteiger partial charge on any atom is -0.330 e. The highest BCUT2D eigenvalue weighted by Crippen LogP contribution is 2.30. The van der Waals surface area contributed by atoms with E-state index in [1.807, 2.05) is 12.3 Å². The highest BCUT2D eigenvalue weighted by atomic mass is 19.1. The summed E-state index contributed by atoms with van der Waals surface area (Å²) in [6.45, 7) is 1.50. The van der Waals surface area contributed by atoms with Crippen LogP contribution in [0.5, 0.6) is 0 Å². The van der Waals surface area contributed by atoms with E-state index in [0.29, 0.717) is 6.54 Å². The third-order valence-electron chi connectivity index (χ3n) is 3.26. The Morgan fingerprint density at radius 3 is 3.12 bits per heavy atom. The Morgan fingerprint density at radius 2 is 2.29 bits per heavy atom. The lowest BCUT2D eigenvalue weighted by Crippen LogP contribution is -2.15. The van der Waals surface area contributed by atoms with E-state index >= 15 is 0 Å². The fourth-order valence-corrected chi connectivity index (χ4v) is 2.44. The molecule has 17 heavy (non-hydrogen) atoms. The first kappa shape index (κ1) is 10.5. The first-order valence-electron chi connectivity index (χ1n) is 5.83. The minimum atomic E-state index is -0.196. The summed E-state index contributed by atoms with van der Waals surface area (Å²) < 4.78 is 15.4. The normalized spacial score (nSPS) is 13.3. The van der Waals surface area contributed by atoms with Crippen LogP contribution in [0.1, 0.15) is 11.4 Å². The van der Waals surface area contributed by atoms with E-state index in [0.717, 1.165) is 36.5 Å². The topological polar surface area (TPSA) is 43.8 Å². The van der Waals surface area contributed by atoms with Gasteiger partial charge in [0.25, 0.3) is 0 Å². The first-order valence-corrected chi connectivity index (χ1v) is 5.83. The first-order chi connectivity index (χ1) is 8.29. The summed E-state index contributed by atoms with van der Waals surface area (Å²) in [6.07, 6.45) is 3.52. The Morgan fingerprint density at radius 1 is 1.41 bits per heavy atom. The van der Waals surface area contributed by atoms with Crippen molar-refractivity contribution in [1.82, 2.24) is 9.55 Å². The van der Waals surface area contributed by atoms with Crippen LogP contribution in [0.2, 0.25) is 0 Å². The third-order valence-corrected chi connectivity index (χ3v) is 3.26. The maximum absolute atomic E-state index is 13.3. The van der Waals surface area contributed by atoms with Gasteiger partial charge in [0, 0.05) is 18.5 Å². The van der Waals surface area contributed by atoms with Crippen LogP contribution < -0.4 is 5.73 Å². The molecule has 1 aromatic carbocycles. The van der Waals surface area contributed by atoms with Crippen LogP contribution in [0.15, 0.2) is 24.4 Å². The molecule has 3 nitrogen and oxygen atoms in total. The fraction of sp³-hybridized carbons (Fsp3) is 0.308. The number of halogens is 1. The van der Waals surface area contributed by atoms with Crippen LogP contribution >= 0.6 is 0 Å². The number of nitrogens with two attached hydrogens (primary N) is 1. The van der Waals surface area contributed by atoms with E-state index in [-0.39, 0.29) is 5.82 Å². The molecule has 3 rings (SSSR count). The van der Waals surface area contributed by atoms with Crippen molar-refractivity contribution >= 4 is 0 Å². The quantitative estimate of drug-likeness (QED) is 0.855. The number of aromatic nitrogens is 2. The van der Waals surface area contributed by atoms with Crippen molar-refractivity contribution in [3.05, 3.63) is 41.6 Å². The Balaban J connectivity index is 2.13. The summed E-state index contributed by atoms with van der Waals surface area (Å²) >= 11 is 0. The maximum atomic E-state index is 13.3. The lowest BCUT2D eigenvalue weighted by atomic mass is 9.98. The molecule has 2 aromatic rings. The van der Waals surface area contributed by atoms with Crippen LogP contribution in [0.4, 0.5) is 4.39 Å². The number of hydrogen-bond acceptors (Lipinski definition) is 2. The molecule has 0 atom stereocenters. The monoisotopic (exact) mass is 231 g/mol. The highest BCUT2D eigenvalue weighted by molar-refractivity contribution is 5.65. The lowest BCUT2D eigenvalue weighted by molar-refractivity contribution is 0.616. The Bertz CT molecular complexity index is 560. The zero-order valence-corrected chi connectivity index (χ0v) is 9.49. The summed E-state index contributed by atoms with van der Waals surface area (Å²) in [6, 6.07) is 4.98. The molecule has 0 spiro atoms. The Hall–Kier alpha value is -1.68. The molecule has 0 unspecified atom stereocenters. The van der Waals surface area contributed by atoms with Crippen molar-refractivity contribution in [3.63, 3.8) is 0 Å². The van der Waals surface area contributed by atoms with E-state index in [9.17, 15) is 4.39 Å². The standard InChI is InChI=1S/C13H14FN3/c14-10-2-1-9-4-6-17-12(11(9)7-10)8-16-13(17)3-5-15/h1-2,7-8H,3-6,15H2. The van der Waals surface area contributed by atoms with Gasteiger partial charge in [-0.1, -0.05) is 6.07 Å². The molecule has 0 saturated carbocycles. The fourth-order valence-electron chi connectivity index (χ4n) is 2.44. The molecule has 0 saturated heterocycles. The summed E-state index contributed by atoms with van der Waals surface area (Å²) in [7, 11) is 0. The van der Waals surface area contributed by atoms with Crippen molar-refractivity contribution in [2.24, 2.45) is 5.73 Å². The van der Waals surface area contributed by atoms with E-state index in [4.69, 9.17) is 5.73 Å². The number of hydrogen-bond donors (Lipinski definition) is 1. The van der Waals surface area contributed by atoms with Crippen LogP contribution in [-0.4, -0.2) is 16.1 Å². The van der Waals surface area contributed by atoms with Gasteiger partial charge in [-0.2, -0.15) is 0 Å². The van der Waals surface area contributed by atoms with E-state index in [1.54, 1.807) is 6.07 Å². The van der Waals surface area contributed by atoms with Crippen molar-refractivity contribution < 1.29 is 4.39 Å². The van der Waals surface area contributed by atoms with Crippen LogP contribution in [-0.2, 0) is 19.4 Å². The number of rotatable bonds is 2. The SMILES string of the molecule is NCCc1ncc2n1CCc1ccc(F)cc1-2. The Labute approximate surface area is 99.1 Å². The largest absolute Gasteiger partial charge is 0.330 e. The third kappa shape index (κ3) is 1.65. The smallest absolute Gasteiger partial charge is 0.123 e. The summed E-state index contributed by atoms with van der Waals surface area (Å²) in [5.41, 5.74) is 8.72. The predicted molar refractivity (Wildman–Crippen MR) is 64.1 cm³/mol. The van der Waals surface area contributed by atoms with Crippen molar-refractivity contribution in [2.45, 2.75) is 19.4 Å². The molecular formula is C13H14FN3. The van der Waals surface area contributed by atoms with Crippen molar-refractivity contribution in [3.8, 4) is 11.3 Å². The molecule has 0 amide bonds. The number of nitrogens with zero attached hydrogens (tertiary/aromatic N) is 2. The van der Waals surface area contributed by atoms with Gasteiger partial charge < -0.3 is 10.3 Å². The van der Waals surface area contributed by atoms with Gasteiger partial charge in [-0.3, -0.25) is 0 Å². The minimum absolute atomic E-state index is 0.196. The summed E-state index contributed by atoms with van der Waals surface area (Å²) in [4.78, 5) is 4.38. The average Bonchev–Trinajstić information content (AvgIpc) is 2.73. The van der Waals surface area contributed by atoms with Gasteiger partial charge in [0.2, 0.25) is 0 Å². The zero-order valence-electron chi connectivity index (χ0n) is 9.49. The number of imidazole rings is 1. The number of benzene rings is 1. The van der Waals surface area contributed by atoms with Crippen LogP contribution in [0.25, 0.3) is 11.3 Å². The molecule has 2 heterocycles. The number of aryl methyl sites for hydroxylation is 1. The van der Waals surface area contributed by atoms with Gasteiger partial charge in [-0.25, -0.2) is 9.37 Å². The summed E-state index contributed by atoms with van der Waals surface area (Å²) in [5.74, 6) is 0.802. The second-order valence-electron chi connectivity index (χ2n) is 4.30. The second kappa shape index (κ2) is 3.96. The predicted octanol–water partition coefficient (Wildman–Crippen LogP) is 1.75. The van der Waals surface area contributed by atoms with Crippen LogP contribution in [0, 0.1) is 5.82 Å². The number of fused-ring (bicyclic) bond motifs is 3. The summed E-state index contributed by atoms with van der Waals surface area (Å²) in [5, 5.41) is 0. The van der Waals surface area contributed by atoms with Crippen LogP contribution in [0.3, 0.4) is 0 Å². The molecule has 4 heteroatoms. The Kier molecular flexibility index (Phi) is 2.44. The lowest BCUT2D eigenvalue weighted by Gasteiger charge is -2.20. The van der Waals surface area contributed by atoms with E-state index < -0.39 is 0 Å². The van der Waals surface area contributed by atoms with Gasteiger partial charge in [-0.05, 0) is 30.7 Å². The van der Waals surface area contributed by atoms with Gasteiger partial charge in [-0.15, -0.1) is 0 Å². The van der Waals surface area contributed by atoms with Crippen molar-refractivity contribution in [2.75, 3.05) is 6.54 Å².